The molecule has 0 aromatic carbocycles. The van der Waals surface area contributed by atoms with Crippen molar-refractivity contribution in [1.29, 1.82) is 0 Å². The summed E-state index contributed by atoms with van der Waals surface area (Å²) < 4.78 is 22.9. The first-order valence-electron chi connectivity index (χ1n) is 3.47. The van der Waals surface area contributed by atoms with Gasteiger partial charge in [0.15, 0.2) is 9.84 Å². The number of hydrogen-bond donors (Lipinski definition) is 0. The Morgan fingerprint density at radius 2 is 1.27 bits per heavy atom. The van der Waals surface area contributed by atoms with Crippen LogP contribution in [0.3, 0.4) is 0 Å². The fourth-order valence-electron chi connectivity index (χ4n) is 1.31. The molecule has 2 aliphatic rings. The Morgan fingerprint density at radius 3 is 1.73 bits per heavy atom. The summed E-state index contributed by atoms with van der Waals surface area (Å²) in [6.45, 7) is 0. The third-order valence-corrected chi connectivity index (χ3v) is 4.11. The molecule has 2 bridgehead atoms. The molecule has 0 spiro atoms. The molecule has 0 saturated heterocycles. The van der Waals surface area contributed by atoms with Crippen molar-refractivity contribution < 1.29 is 8.42 Å². The zero-order valence-corrected chi connectivity index (χ0v) is 6.66. The van der Waals surface area contributed by atoms with Gasteiger partial charge in [0.1, 0.15) is 0 Å². The van der Waals surface area contributed by atoms with Crippen LogP contribution in [-0.2, 0) is 9.84 Å². The Balaban J connectivity index is 2.61. The molecule has 0 saturated carbocycles. The highest BCUT2D eigenvalue weighted by atomic mass is 32.2. The van der Waals surface area contributed by atoms with Gasteiger partial charge < -0.3 is 0 Å². The maximum Gasteiger partial charge on any atom is 0.170 e. The molecule has 2 rings (SSSR count). The lowest BCUT2D eigenvalue weighted by molar-refractivity contribution is 0.595. The minimum Gasteiger partial charge on any atom is -0.227 e. The lowest BCUT2D eigenvalue weighted by Gasteiger charge is -2.04. The van der Waals surface area contributed by atoms with Gasteiger partial charge in [-0.05, 0) is 0 Å². The molecule has 2 aliphatic heterocycles. The van der Waals surface area contributed by atoms with Crippen LogP contribution in [0.4, 0.5) is 0 Å². The second-order valence-electron chi connectivity index (χ2n) is 2.67. The molecule has 3 heteroatoms. The summed E-state index contributed by atoms with van der Waals surface area (Å²) in [5.41, 5.74) is 0. The third-order valence-electron chi connectivity index (χ3n) is 1.96. The van der Waals surface area contributed by atoms with Gasteiger partial charge in [-0.2, -0.15) is 0 Å². The molecule has 0 N–H and O–H groups in total. The largest absolute Gasteiger partial charge is 0.227 e. The van der Waals surface area contributed by atoms with Crippen LogP contribution in [0.25, 0.3) is 0 Å². The van der Waals surface area contributed by atoms with Gasteiger partial charge in [0.2, 0.25) is 0 Å². The molecule has 0 unspecified atom stereocenters. The van der Waals surface area contributed by atoms with Gasteiger partial charge in [0.05, 0.1) is 10.5 Å². The molecule has 58 valence electrons. The molecular formula is C8H8O2S. The number of rotatable bonds is 0. The van der Waals surface area contributed by atoms with Crippen molar-refractivity contribution in [1.82, 2.24) is 0 Å². The van der Waals surface area contributed by atoms with Crippen LogP contribution in [0.2, 0.25) is 0 Å². The summed E-state index contributed by atoms with van der Waals surface area (Å²) in [4.78, 5) is 0. The Morgan fingerprint density at radius 1 is 0.818 bits per heavy atom. The molecule has 2 heterocycles. The normalized spacial score (nSPS) is 37.5. The summed E-state index contributed by atoms with van der Waals surface area (Å²) in [7, 11) is -2.95. The van der Waals surface area contributed by atoms with Crippen LogP contribution >= 0.6 is 0 Å². The van der Waals surface area contributed by atoms with Crippen molar-refractivity contribution in [3.63, 3.8) is 0 Å². The molecule has 0 fully saturated rings. The maximum absolute atomic E-state index is 11.4. The van der Waals surface area contributed by atoms with E-state index in [2.05, 4.69) is 0 Å². The standard InChI is InChI=1S/C8H8O2S/c9-11(10)7-3-1-2-4-8(11)6-5-7/h1-8H/t7-,8-/m0/s1. The van der Waals surface area contributed by atoms with Crippen LogP contribution in [0.15, 0.2) is 36.5 Å². The van der Waals surface area contributed by atoms with E-state index in [1.807, 2.05) is 0 Å². The van der Waals surface area contributed by atoms with Crippen LogP contribution in [0, 0.1) is 0 Å². The van der Waals surface area contributed by atoms with Gasteiger partial charge in [0.25, 0.3) is 0 Å². The highest BCUT2D eigenvalue weighted by Crippen LogP contribution is 2.24. The van der Waals surface area contributed by atoms with E-state index in [4.69, 9.17) is 0 Å². The zero-order valence-electron chi connectivity index (χ0n) is 5.84. The predicted octanol–water partition coefficient (Wildman–Crippen LogP) is 0.834. The zero-order chi connectivity index (χ0) is 7.90. The first kappa shape index (κ1) is 6.85. The number of sulfone groups is 1. The van der Waals surface area contributed by atoms with E-state index in [9.17, 15) is 8.42 Å². The van der Waals surface area contributed by atoms with Crippen LogP contribution in [0.5, 0.6) is 0 Å². The van der Waals surface area contributed by atoms with Crippen LogP contribution < -0.4 is 0 Å². The highest BCUT2D eigenvalue weighted by molar-refractivity contribution is 7.93. The van der Waals surface area contributed by atoms with Crippen molar-refractivity contribution in [2.75, 3.05) is 0 Å². The van der Waals surface area contributed by atoms with Crippen molar-refractivity contribution in [3.8, 4) is 0 Å². The van der Waals surface area contributed by atoms with Gasteiger partial charge >= 0.3 is 0 Å². The van der Waals surface area contributed by atoms with Crippen molar-refractivity contribution in [3.05, 3.63) is 36.5 Å². The molecule has 0 amide bonds. The predicted molar refractivity (Wildman–Crippen MR) is 43.9 cm³/mol. The summed E-state index contributed by atoms with van der Waals surface area (Å²) in [6, 6.07) is 0. The maximum atomic E-state index is 11.4. The van der Waals surface area contributed by atoms with Crippen LogP contribution in [-0.4, -0.2) is 18.9 Å². The van der Waals surface area contributed by atoms with E-state index in [0.29, 0.717) is 0 Å². The monoisotopic (exact) mass is 168 g/mol. The first-order valence-corrected chi connectivity index (χ1v) is 5.08. The van der Waals surface area contributed by atoms with Gasteiger partial charge in [-0.15, -0.1) is 0 Å². The van der Waals surface area contributed by atoms with Crippen molar-refractivity contribution in [2.24, 2.45) is 0 Å². The molecule has 2 nitrogen and oxygen atoms in total. The number of allylic oxidation sites excluding steroid dienone is 2. The Kier molecular flexibility index (Phi) is 1.29. The lowest BCUT2D eigenvalue weighted by Crippen LogP contribution is -2.19. The van der Waals surface area contributed by atoms with Gasteiger partial charge in [-0.3, -0.25) is 0 Å². The van der Waals surface area contributed by atoms with Gasteiger partial charge in [-0.25, -0.2) is 8.42 Å². The average Bonchev–Trinajstić information content (AvgIpc) is 2.00. The van der Waals surface area contributed by atoms with Crippen molar-refractivity contribution >= 4 is 9.84 Å². The van der Waals surface area contributed by atoms with Gasteiger partial charge in [-0.1, -0.05) is 36.5 Å². The topological polar surface area (TPSA) is 34.1 Å². The second kappa shape index (κ2) is 2.08. The van der Waals surface area contributed by atoms with Crippen LogP contribution in [0.1, 0.15) is 0 Å². The molecule has 0 aromatic rings. The molecule has 0 radical (unpaired) electrons. The SMILES string of the molecule is O=S1(=O)[C@H]2C=CC=C[C@H]1C=C2. The second-order valence-corrected chi connectivity index (χ2v) is 4.94. The van der Waals surface area contributed by atoms with Crippen molar-refractivity contribution in [2.45, 2.75) is 10.5 Å². The summed E-state index contributed by atoms with van der Waals surface area (Å²) in [5.74, 6) is 0. The van der Waals surface area contributed by atoms with E-state index >= 15 is 0 Å². The molecule has 2 atom stereocenters. The Hall–Kier alpha value is -0.830. The van der Waals surface area contributed by atoms with E-state index in [-0.39, 0.29) is 10.5 Å². The third kappa shape index (κ3) is 0.878. The fraction of sp³-hybridized carbons (Fsp3) is 0.250. The number of hydrogen-bond acceptors (Lipinski definition) is 2. The Bertz CT molecular complexity index is 318. The lowest BCUT2D eigenvalue weighted by atomic mass is 10.2. The summed E-state index contributed by atoms with van der Waals surface area (Å²) in [6.07, 6.45) is 10.4. The van der Waals surface area contributed by atoms with E-state index < -0.39 is 9.84 Å². The average molecular weight is 168 g/mol. The summed E-state index contributed by atoms with van der Waals surface area (Å²) in [5, 5.41) is -0.773. The highest BCUT2D eigenvalue weighted by Gasteiger charge is 2.33. The molecule has 0 aliphatic carbocycles. The molecular weight excluding hydrogens is 160 g/mol. The van der Waals surface area contributed by atoms with Gasteiger partial charge in [0, 0.05) is 0 Å². The molecule has 0 aromatic heterocycles. The first-order chi connectivity index (χ1) is 5.21. The smallest absolute Gasteiger partial charge is 0.170 e. The summed E-state index contributed by atoms with van der Waals surface area (Å²) >= 11 is 0. The minimum absolute atomic E-state index is 0.387. The van der Waals surface area contributed by atoms with E-state index in [0.717, 1.165) is 0 Å². The quantitative estimate of drug-likeness (QED) is 0.502. The number of fused-ring (bicyclic) bond motifs is 2. The van der Waals surface area contributed by atoms with E-state index in [1.165, 1.54) is 0 Å². The molecule has 11 heavy (non-hydrogen) atoms. The van der Waals surface area contributed by atoms with E-state index in [1.54, 1.807) is 36.5 Å². The Labute approximate surface area is 65.8 Å². The minimum atomic E-state index is -2.95. The fourth-order valence-corrected chi connectivity index (χ4v) is 2.92.